The topological polar surface area (TPSA) is 68.8 Å². The van der Waals surface area contributed by atoms with Crippen molar-refractivity contribution in [2.24, 2.45) is 0 Å². The normalized spacial score (nSPS) is 10.1. The molecule has 2 amide bonds. The van der Waals surface area contributed by atoms with Gasteiger partial charge in [0.1, 0.15) is 5.75 Å². The van der Waals surface area contributed by atoms with E-state index in [1.165, 1.54) is 0 Å². The van der Waals surface area contributed by atoms with Crippen molar-refractivity contribution in [2.45, 2.75) is 20.3 Å². The molecule has 0 aliphatic rings. The molecule has 0 saturated carbocycles. The largest absolute Gasteiger partial charge is 0.496 e. The molecule has 0 unspecified atom stereocenters. The molecule has 0 atom stereocenters. The number of carbonyl (C=O) groups excluding carboxylic acids is 1. The molecule has 0 bridgehead atoms. The molecule has 2 N–H and O–H groups in total. The van der Waals surface area contributed by atoms with Crippen LogP contribution in [0.1, 0.15) is 19.4 Å². The Morgan fingerprint density at radius 1 is 0.962 bits per heavy atom. The first kappa shape index (κ1) is 19.4. The Hall–Kier alpha value is -2.89. The summed E-state index contributed by atoms with van der Waals surface area (Å²) in [6, 6.07) is 12.8. The number of benzene rings is 2. The lowest BCUT2D eigenvalue weighted by Gasteiger charge is -2.13. The quantitative estimate of drug-likeness (QED) is 0.714. The number of rotatable bonds is 9. The molecular weight excluding hydrogens is 332 g/mol. The summed E-state index contributed by atoms with van der Waals surface area (Å²) in [4.78, 5) is 12.1. The van der Waals surface area contributed by atoms with Gasteiger partial charge in [-0.15, -0.1) is 0 Å². The van der Waals surface area contributed by atoms with Gasteiger partial charge >= 0.3 is 6.03 Å². The average molecular weight is 358 g/mol. The van der Waals surface area contributed by atoms with Crippen molar-refractivity contribution in [3.63, 3.8) is 0 Å². The van der Waals surface area contributed by atoms with E-state index in [0.717, 1.165) is 11.3 Å². The highest BCUT2D eigenvalue weighted by Crippen LogP contribution is 2.30. The molecule has 0 fully saturated rings. The van der Waals surface area contributed by atoms with Gasteiger partial charge in [0, 0.05) is 18.3 Å². The number of carbonyl (C=O) groups is 1. The van der Waals surface area contributed by atoms with Gasteiger partial charge in [0.05, 0.1) is 20.3 Å². The summed E-state index contributed by atoms with van der Waals surface area (Å²) in [5, 5.41) is 5.65. The first-order valence-corrected chi connectivity index (χ1v) is 8.74. The molecule has 0 spiro atoms. The molecule has 2 rings (SSSR count). The molecule has 26 heavy (non-hydrogen) atoms. The second-order valence-electron chi connectivity index (χ2n) is 5.47. The molecule has 0 aliphatic carbocycles. The standard InChI is InChI=1S/C20H26N2O4/c1-4-25-18-11-10-16(14-19(18)26-5-2)22-20(23)21-13-12-15-8-6-7-9-17(15)24-3/h6-11,14H,4-5,12-13H2,1-3H3,(H2,21,22,23). The third-order valence-corrected chi connectivity index (χ3v) is 3.67. The van der Waals surface area contributed by atoms with Crippen LogP contribution in [0.4, 0.5) is 10.5 Å². The van der Waals surface area contributed by atoms with E-state index < -0.39 is 0 Å². The van der Waals surface area contributed by atoms with Gasteiger partial charge in [-0.2, -0.15) is 0 Å². The van der Waals surface area contributed by atoms with Crippen molar-refractivity contribution in [3.05, 3.63) is 48.0 Å². The minimum Gasteiger partial charge on any atom is -0.496 e. The molecule has 0 heterocycles. The van der Waals surface area contributed by atoms with Gasteiger partial charge in [-0.05, 0) is 44.0 Å². The van der Waals surface area contributed by atoms with Crippen LogP contribution in [-0.4, -0.2) is 32.9 Å². The number of ether oxygens (including phenoxy) is 3. The zero-order valence-electron chi connectivity index (χ0n) is 15.5. The van der Waals surface area contributed by atoms with E-state index in [1.54, 1.807) is 25.3 Å². The Labute approximate surface area is 154 Å². The Morgan fingerprint density at radius 3 is 2.42 bits per heavy atom. The molecule has 2 aromatic rings. The SMILES string of the molecule is CCOc1ccc(NC(=O)NCCc2ccccc2OC)cc1OCC. The van der Waals surface area contributed by atoms with Crippen LogP contribution in [-0.2, 0) is 6.42 Å². The molecule has 140 valence electrons. The van der Waals surface area contributed by atoms with Crippen LogP contribution < -0.4 is 24.8 Å². The van der Waals surface area contributed by atoms with Crippen molar-refractivity contribution in [1.29, 1.82) is 0 Å². The number of urea groups is 1. The second kappa shape index (κ2) is 10.2. The number of nitrogens with one attached hydrogen (secondary N) is 2. The smallest absolute Gasteiger partial charge is 0.319 e. The average Bonchev–Trinajstić information content (AvgIpc) is 2.64. The summed E-state index contributed by atoms with van der Waals surface area (Å²) < 4.78 is 16.4. The van der Waals surface area contributed by atoms with Crippen LogP contribution in [0.25, 0.3) is 0 Å². The van der Waals surface area contributed by atoms with Crippen LogP contribution in [0.3, 0.4) is 0 Å². The summed E-state index contributed by atoms with van der Waals surface area (Å²) >= 11 is 0. The summed E-state index contributed by atoms with van der Waals surface area (Å²) in [7, 11) is 1.64. The number of amides is 2. The fourth-order valence-corrected chi connectivity index (χ4v) is 2.52. The zero-order chi connectivity index (χ0) is 18.8. The summed E-state index contributed by atoms with van der Waals surface area (Å²) in [6.45, 7) is 5.39. The van der Waals surface area contributed by atoms with Gasteiger partial charge in [-0.25, -0.2) is 4.79 Å². The molecular formula is C20H26N2O4. The summed E-state index contributed by atoms with van der Waals surface area (Å²) in [5.74, 6) is 2.10. The Morgan fingerprint density at radius 2 is 1.69 bits per heavy atom. The van der Waals surface area contributed by atoms with Crippen LogP contribution in [0, 0.1) is 0 Å². The van der Waals surface area contributed by atoms with Crippen LogP contribution in [0.15, 0.2) is 42.5 Å². The van der Waals surface area contributed by atoms with Gasteiger partial charge in [0.15, 0.2) is 11.5 Å². The maximum atomic E-state index is 12.1. The molecule has 0 radical (unpaired) electrons. The molecule has 6 nitrogen and oxygen atoms in total. The van der Waals surface area contributed by atoms with E-state index in [2.05, 4.69) is 10.6 Å². The van der Waals surface area contributed by atoms with E-state index in [0.29, 0.717) is 43.4 Å². The van der Waals surface area contributed by atoms with Crippen LogP contribution >= 0.6 is 0 Å². The maximum absolute atomic E-state index is 12.1. The Bertz CT molecular complexity index is 719. The highest BCUT2D eigenvalue weighted by molar-refractivity contribution is 5.89. The van der Waals surface area contributed by atoms with E-state index in [4.69, 9.17) is 14.2 Å². The van der Waals surface area contributed by atoms with Crippen LogP contribution in [0.5, 0.6) is 17.2 Å². The molecule has 0 saturated heterocycles. The Balaban J connectivity index is 1.90. The van der Waals surface area contributed by atoms with Crippen LogP contribution in [0.2, 0.25) is 0 Å². The third kappa shape index (κ3) is 5.58. The van der Waals surface area contributed by atoms with Crippen molar-refractivity contribution in [3.8, 4) is 17.2 Å². The van der Waals surface area contributed by atoms with Crippen molar-refractivity contribution < 1.29 is 19.0 Å². The predicted molar refractivity (Wildman–Crippen MR) is 102 cm³/mol. The van der Waals surface area contributed by atoms with Gasteiger partial charge in [-0.1, -0.05) is 18.2 Å². The molecule has 0 aromatic heterocycles. The minimum absolute atomic E-state index is 0.272. The zero-order valence-corrected chi connectivity index (χ0v) is 15.5. The second-order valence-corrected chi connectivity index (χ2v) is 5.47. The summed E-state index contributed by atoms with van der Waals surface area (Å²) in [5.41, 5.74) is 1.70. The number of methoxy groups -OCH3 is 1. The van der Waals surface area contributed by atoms with Gasteiger partial charge in [0.25, 0.3) is 0 Å². The van der Waals surface area contributed by atoms with Gasteiger partial charge < -0.3 is 24.8 Å². The lowest BCUT2D eigenvalue weighted by molar-refractivity contribution is 0.252. The minimum atomic E-state index is -0.272. The molecule has 0 aliphatic heterocycles. The highest BCUT2D eigenvalue weighted by Gasteiger charge is 2.09. The maximum Gasteiger partial charge on any atom is 0.319 e. The third-order valence-electron chi connectivity index (χ3n) is 3.67. The fourth-order valence-electron chi connectivity index (χ4n) is 2.52. The van der Waals surface area contributed by atoms with Crippen molar-refractivity contribution in [2.75, 3.05) is 32.2 Å². The van der Waals surface area contributed by atoms with E-state index in [9.17, 15) is 4.79 Å². The van der Waals surface area contributed by atoms with Crippen molar-refractivity contribution in [1.82, 2.24) is 5.32 Å². The Kier molecular flexibility index (Phi) is 7.61. The van der Waals surface area contributed by atoms with E-state index >= 15 is 0 Å². The van der Waals surface area contributed by atoms with Crippen molar-refractivity contribution >= 4 is 11.7 Å². The monoisotopic (exact) mass is 358 g/mol. The first-order chi connectivity index (χ1) is 12.7. The molecule has 2 aromatic carbocycles. The van der Waals surface area contributed by atoms with Gasteiger partial charge in [-0.3, -0.25) is 0 Å². The van der Waals surface area contributed by atoms with E-state index in [1.807, 2.05) is 38.1 Å². The number of hydrogen-bond donors (Lipinski definition) is 2. The summed E-state index contributed by atoms with van der Waals surface area (Å²) in [6.07, 6.45) is 0.685. The fraction of sp³-hybridized carbons (Fsp3) is 0.350. The number of hydrogen-bond acceptors (Lipinski definition) is 4. The highest BCUT2D eigenvalue weighted by atomic mass is 16.5. The van der Waals surface area contributed by atoms with Gasteiger partial charge in [0.2, 0.25) is 0 Å². The first-order valence-electron chi connectivity index (χ1n) is 8.74. The molecule has 6 heteroatoms. The lowest BCUT2D eigenvalue weighted by Crippen LogP contribution is -2.30. The number of para-hydroxylation sites is 1. The predicted octanol–water partition coefficient (Wildman–Crippen LogP) is 3.86. The lowest BCUT2D eigenvalue weighted by atomic mass is 10.1. The van der Waals surface area contributed by atoms with E-state index in [-0.39, 0.29) is 6.03 Å². The number of anilines is 1.